The van der Waals surface area contributed by atoms with Crippen LogP contribution in [0.3, 0.4) is 0 Å². The van der Waals surface area contributed by atoms with Crippen molar-refractivity contribution in [2.75, 3.05) is 0 Å². The van der Waals surface area contributed by atoms with Gasteiger partial charge in [0.2, 0.25) is 0 Å². The lowest BCUT2D eigenvalue weighted by molar-refractivity contribution is 0.482. The molecule has 0 atom stereocenters. The molecule has 0 heterocycles. The fourth-order valence-corrected chi connectivity index (χ4v) is 2.52. The monoisotopic (exact) mass is 344 g/mol. The van der Waals surface area contributed by atoms with E-state index in [0.717, 1.165) is 27.2 Å². The molecule has 0 saturated heterocycles. The van der Waals surface area contributed by atoms with Gasteiger partial charge in [0.05, 0.1) is 0 Å². The number of aryl methyl sites for hydroxylation is 1. The van der Waals surface area contributed by atoms with Crippen molar-refractivity contribution in [1.29, 1.82) is 0 Å². The van der Waals surface area contributed by atoms with E-state index in [0.29, 0.717) is 10.8 Å². The van der Waals surface area contributed by atoms with E-state index in [1.165, 1.54) is 0 Å². The van der Waals surface area contributed by atoms with Gasteiger partial charge in [0.1, 0.15) is 11.5 Å². The van der Waals surface area contributed by atoms with Gasteiger partial charge in [-0.05, 0) is 48.4 Å². The van der Waals surface area contributed by atoms with Crippen LogP contribution in [0.4, 0.5) is 0 Å². The zero-order valence-electron chi connectivity index (χ0n) is 9.71. The van der Waals surface area contributed by atoms with E-state index < -0.39 is 0 Å². The Morgan fingerprint density at radius 3 is 2.28 bits per heavy atom. The topological polar surface area (TPSA) is 9.23 Å². The average molecular weight is 346 g/mol. The Kier molecular flexibility index (Phi) is 4.55. The molecule has 18 heavy (non-hydrogen) atoms. The van der Waals surface area contributed by atoms with Crippen molar-refractivity contribution in [3.63, 3.8) is 0 Å². The second-order valence-corrected chi connectivity index (χ2v) is 5.28. The van der Waals surface area contributed by atoms with Crippen molar-refractivity contribution in [3.8, 4) is 11.5 Å². The van der Waals surface area contributed by atoms with E-state index in [9.17, 15) is 0 Å². The van der Waals surface area contributed by atoms with Crippen LogP contribution in [0, 0.1) is 6.92 Å². The van der Waals surface area contributed by atoms with Crippen LogP contribution in [0.25, 0.3) is 0 Å². The minimum Gasteiger partial charge on any atom is -0.457 e. The summed E-state index contributed by atoms with van der Waals surface area (Å²) in [5.74, 6) is 1.46. The molecule has 0 radical (unpaired) electrons. The average Bonchev–Trinajstić information content (AvgIpc) is 2.34. The van der Waals surface area contributed by atoms with Crippen LogP contribution < -0.4 is 4.74 Å². The summed E-state index contributed by atoms with van der Waals surface area (Å²) in [4.78, 5) is 0. The zero-order valence-corrected chi connectivity index (χ0v) is 12.8. The molecule has 0 N–H and O–H groups in total. The molecule has 2 aromatic carbocycles. The summed E-state index contributed by atoms with van der Waals surface area (Å²) in [6.45, 7) is 1.94. The van der Waals surface area contributed by atoms with Gasteiger partial charge in [0, 0.05) is 15.4 Å². The van der Waals surface area contributed by atoms with Gasteiger partial charge in [-0.25, -0.2) is 0 Å². The van der Waals surface area contributed by atoms with Crippen LogP contribution in [-0.2, 0) is 5.33 Å². The summed E-state index contributed by atoms with van der Waals surface area (Å²) < 4.78 is 5.74. The second kappa shape index (κ2) is 5.96. The smallest absolute Gasteiger partial charge is 0.128 e. The molecular formula is C14H11BrCl2O. The standard InChI is InChI=1S/C14H11BrCl2O/c1-9-6-11(4-5-13(9)16)18-12-3-2-10(8-15)14(17)7-12/h2-7H,8H2,1H3. The first-order valence-corrected chi connectivity index (χ1v) is 7.26. The molecule has 0 amide bonds. The zero-order chi connectivity index (χ0) is 13.1. The number of alkyl halides is 1. The fourth-order valence-electron chi connectivity index (χ4n) is 1.52. The molecule has 0 bridgehead atoms. The Labute approximate surface area is 125 Å². The van der Waals surface area contributed by atoms with Gasteiger partial charge in [-0.3, -0.25) is 0 Å². The SMILES string of the molecule is Cc1cc(Oc2ccc(CBr)c(Cl)c2)ccc1Cl. The third kappa shape index (κ3) is 3.19. The van der Waals surface area contributed by atoms with Crippen LogP contribution in [-0.4, -0.2) is 0 Å². The Balaban J connectivity index is 2.23. The normalized spacial score (nSPS) is 10.4. The van der Waals surface area contributed by atoms with E-state index >= 15 is 0 Å². The van der Waals surface area contributed by atoms with Gasteiger partial charge in [-0.15, -0.1) is 0 Å². The lowest BCUT2D eigenvalue weighted by atomic mass is 10.2. The first-order chi connectivity index (χ1) is 8.60. The van der Waals surface area contributed by atoms with Crippen LogP contribution in [0.1, 0.15) is 11.1 Å². The number of rotatable bonds is 3. The summed E-state index contributed by atoms with van der Waals surface area (Å²) in [5, 5.41) is 2.15. The molecule has 2 aromatic rings. The molecule has 0 unspecified atom stereocenters. The van der Waals surface area contributed by atoms with E-state index in [1.807, 2.05) is 43.3 Å². The van der Waals surface area contributed by atoms with E-state index in [4.69, 9.17) is 27.9 Å². The lowest BCUT2D eigenvalue weighted by Crippen LogP contribution is -1.87. The van der Waals surface area contributed by atoms with Crippen molar-refractivity contribution in [2.24, 2.45) is 0 Å². The van der Waals surface area contributed by atoms with Crippen LogP contribution in [0.5, 0.6) is 11.5 Å². The van der Waals surface area contributed by atoms with Gasteiger partial charge in [0.25, 0.3) is 0 Å². The molecular weight excluding hydrogens is 335 g/mol. The first-order valence-electron chi connectivity index (χ1n) is 5.38. The molecule has 0 saturated carbocycles. The van der Waals surface area contributed by atoms with Crippen molar-refractivity contribution in [3.05, 3.63) is 57.6 Å². The molecule has 0 aromatic heterocycles. The number of ether oxygens (including phenoxy) is 1. The molecule has 94 valence electrons. The molecule has 4 heteroatoms. The van der Waals surface area contributed by atoms with Crippen LogP contribution >= 0.6 is 39.1 Å². The Morgan fingerprint density at radius 2 is 1.67 bits per heavy atom. The van der Waals surface area contributed by atoms with Crippen molar-refractivity contribution in [2.45, 2.75) is 12.3 Å². The van der Waals surface area contributed by atoms with Crippen molar-refractivity contribution < 1.29 is 4.74 Å². The number of benzene rings is 2. The molecule has 0 aliphatic carbocycles. The number of hydrogen-bond donors (Lipinski definition) is 0. The highest BCUT2D eigenvalue weighted by Crippen LogP contribution is 2.29. The summed E-state index contributed by atoms with van der Waals surface area (Å²) in [6, 6.07) is 11.2. The first kappa shape index (κ1) is 13.7. The lowest BCUT2D eigenvalue weighted by Gasteiger charge is -2.09. The summed E-state index contributed by atoms with van der Waals surface area (Å²) in [6.07, 6.45) is 0. The van der Waals surface area contributed by atoms with Crippen molar-refractivity contribution in [1.82, 2.24) is 0 Å². The second-order valence-electron chi connectivity index (χ2n) is 3.90. The molecule has 0 spiro atoms. The number of hydrogen-bond acceptors (Lipinski definition) is 1. The summed E-state index contributed by atoms with van der Waals surface area (Å²) >= 11 is 15.5. The highest BCUT2D eigenvalue weighted by atomic mass is 79.9. The fraction of sp³-hybridized carbons (Fsp3) is 0.143. The van der Waals surface area contributed by atoms with Gasteiger partial charge in [0.15, 0.2) is 0 Å². The van der Waals surface area contributed by atoms with Crippen molar-refractivity contribution >= 4 is 39.1 Å². The third-order valence-corrected chi connectivity index (χ3v) is 3.91. The number of halogens is 3. The molecule has 1 nitrogen and oxygen atoms in total. The van der Waals surface area contributed by atoms with Crippen LogP contribution in [0.15, 0.2) is 36.4 Å². The Hall–Kier alpha value is -0.700. The quantitative estimate of drug-likeness (QED) is 0.621. The minimum absolute atomic E-state index is 0.690. The van der Waals surface area contributed by atoms with Gasteiger partial charge in [-0.1, -0.05) is 45.2 Å². The predicted molar refractivity (Wildman–Crippen MR) is 80.3 cm³/mol. The van der Waals surface area contributed by atoms with Gasteiger partial charge < -0.3 is 4.74 Å². The van der Waals surface area contributed by atoms with E-state index in [1.54, 1.807) is 0 Å². The Bertz CT molecular complexity index is 570. The maximum absolute atomic E-state index is 6.12. The summed E-state index contributed by atoms with van der Waals surface area (Å²) in [7, 11) is 0. The third-order valence-electron chi connectivity index (χ3n) is 2.53. The largest absolute Gasteiger partial charge is 0.457 e. The highest BCUT2D eigenvalue weighted by Gasteiger charge is 2.04. The Morgan fingerprint density at radius 1 is 1.00 bits per heavy atom. The maximum Gasteiger partial charge on any atom is 0.128 e. The van der Waals surface area contributed by atoms with Gasteiger partial charge >= 0.3 is 0 Å². The summed E-state index contributed by atoms with van der Waals surface area (Å²) in [5.41, 5.74) is 2.02. The van der Waals surface area contributed by atoms with Gasteiger partial charge in [-0.2, -0.15) is 0 Å². The maximum atomic E-state index is 6.12. The minimum atomic E-state index is 0.690. The molecule has 0 fully saturated rings. The molecule has 0 aliphatic heterocycles. The van der Waals surface area contributed by atoms with E-state index in [2.05, 4.69) is 15.9 Å². The molecule has 0 aliphatic rings. The van der Waals surface area contributed by atoms with E-state index in [-0.39, 0.29) is 0 Å². The predicted octanol–water partition coefficient (Wildman–Crippen LogP) is 5.99. The van der Waals surface area contributed by atoms with Crippen LogP contribution in [0.2, 0.25) is 10.0 Å². The highest BCUT2D eigenvalue weighted by molar-refractivity contribution is 9.08. The molecule has 2 rings (SSSR count).